The van der Waals surface area contributed by atoms with E-state index >= 15 is 0 Å². The number of thiophene rings is 1. The van der Waals surface area contributed by atoms with Crippen LogP contribution in [-0.2, 0) is 0 Å². The zero-order chi connectivity index (χ0) is 19.0. The van der Waals surface area contributed by atoms with Gasteiger partial charge in [-0.05, 0) is 67.0 Å². The van der Waals surface area contributed by atoms with Crippen LogP contribution in [0.15, 0.2) is 60.8 Å². The lowest BCUT2D eigenvalue weighted by Crippen LogP contribution is -2.29. The highest BCUT2D eigenvalue weighted by atomic mass is 32.1. The molecule has 1 aliphatic heterocycles. The lowest BCUT2D eigenvalue weighted by atomic mass is 10.0. The molecule has 0 unspecified atom stereocenters. The Balaban J connectivity index is 1.78. The van der Waals surface area contributed by atoms with Crippen LogP contribution in [-0.4, -0.2) is 10.1 Å². The van der Waals surface area contributed by atoms with Crippen molar-refractivity contribution in [2.24, 2.45) is 0 Å². The number of pyridine rings is 1. The molecular formula is C22H23N3S2. The smallest absolute Gasteiger partial charge is 0.174 e. The zero-order valence-corrected chi connectivity index (χ0v) is 17.3. The fourth-order valence-electron chi connectivity index (χ4n) is 3.55. The van der Waals surface area contributed by atoms with Gasteiger partial charge in [-0.3, -0.25) is 4.98 Å². The Morgan fingerprint density at radius 3 is 2.44 bits per heavy atom. The Morgan fingerprint density at radius 2 is 1.85 bits per heavy atom. The summed E-state index contributed by atoms with van der Waals surface area (Å²) in [6, 6.07) is 19.3. The topological polar surface area (TPSA) is 28.2 Å². The van der Waals surface area contributed by atoms with Gasteiger partial charge in [0.15, 0.2) is 5.11 Å². The summed E-state index contributed by atoms with van der Waals surface area (Å²) in [5.74, 6) is 0.514. The number of rotatable bonds is 4. The monoisotopic (exact) mass is 393 g/mol. The van der Waals surface area contributed by atoms with Crippen molar-refractivity contribution >= 4 is 34.4 Å². The molecule has 2 aromatic heterocycles. The summed E-state index contributed by atoms with van der Waals surface area (Å²) in [5, 5.41) is 4.26. The average Bonchev–Trinajstić information content (AvgIpc) is 3.25. The summed E-state index contributed by atoms with van der Waals surface area (Å²) in [7, 11) is 0. The number of nitrogens with one attached hydrogen (secondary N) is 1. The van der Waals surface area contributed by atoms with Crippen molar-refractivity contribution in [2.45, 2.75) is 38.8 Å². The summed E-state index contributed by atoms with van der Waals surface area (Å²) in [6.45, 7) is 6.57. The van der Waals surface area contributed by atoms with Crippen molar-refractivity contribution in [1.29, 1.82) is 0 Å². The van der Waals surface area contributed by atoms with Gasteiger partial charge in [0.05, 0.1) is 17.8 Å². The Kier molecular flexibility index (Phi) is 4.98. The van der Waals surface area contributed by atoms with Crippen LogP contribution in [0.2, 0.25) is 0 Å². The van der Waals surface area contributed by atoms with E-state index < -0.39 is 0 Å². The van der Waals surface area contributed by atoms with Gasteiger partial charge in [-0.25, -0.2) is 0 Å². The van der Waals surface area contributed by atoms with Crippen LogP contribution in [0.3, 0.4) is 0 Å². The predicted molar refractivity (Wildman–Crippen MR) is 118 cm³/mol. The Morgan fingerprint density at radius 1 is 1.07 bits per heavy atom. The number of nitrogens with zero attached hydrogens (tertiary/aromatic N) is 2. The maximum atomic E-state index is 5.76. The van der Waals surface area contributed by atoms with Gasteiger partial charge in [0, 0.05) is 21.6 Å². The van der Waals surface area contributed by atoms with Gasteiger partial charge in [-0.1, -0.05) is 32.0 Å². The molecule has 138 valence electrons. The van der Waals surface area contributed by atoms with Crippen molar-refractivity contribution in [1.82, 2.24) is 10.3 Å². The van der Waals surface area contributed by atoms with Crippen LogP contribution in [0.4, 0.5) is 5.69 Å². The third kappa shape index (κ3) is 3.49. The van der Waals surface area contributed by atoms with E-state index in [2.05, 4.69) is 78.4 Å². The van der Waals surface area contributed by atoms with Gasteiger partial charge in [-0.15, -0.1) is 11.3 Å². The van der Waals surface area contributed by atoms with Crippen molar-refractivity contribution in [3.05, 3.63) is 81.8 Å². The molecule has 1 N–H and O–H groups in total. The lowest BCUT2D eigenvalue weighted by molar-refractivity contribution is 0.575. The Bertz CT molecular complexity index is 932. The highest BCUT2D eigenvalue weighted by molar-refractivity contribution is 7.80. The van der Waals surface area contributed by atoms with Crippen LogP contribution in [0, 0.1) is 6.92 Å². The maximum absolute atomic E-state index is 5.76. The highest BCUT2D eigenvalue weighted by Crippen LogP contribution is 2.43. The molecule has 1 saturated heterocycles. The standard InChI is InChI=1S/C22H23N3S2/c1-14(2)16-8-10-17(11-9-16)25-21(19-12-7-15(3)27-19)20(24-22(25)26)18-6-4-5-13-23-18/h4-14,20-21H,1-3H3,(H,24,26)/t20-,21-/m0/s1. The average molecular weight is 394 g/mol. The van der Waals surface area contributed by atoms with Crippen molar-refractivity contribution in [3.8, 4) is 0 Å². The molecule has 0 radical (unpaired) electrons. The van der Waals surface area contributed by atoms with E-state index in [1.807, 2.05) is 29.7 Å². The second-order valence-corrected chi connectivity index (χ2v) is 8.90. The number of benzene rings is 1. The van der Waals surface area contributed by atoms with E-state index in [1.165, 1.54) is 15.3 Å². The summed E-state index contributed by atoms with van der Waals surface area (Å²) in [4.78, 5) is 9.44. The third-order valence-electron chi connectivity index (χ3n) is 4.99. The van der Waals surface area contributed by atoms with Crippen LogP contribution in [0.25, 0.3) is 0 Å². The SMILES string of the molecule is Cc1ccc([C@H]2[C@H](c3ccccn3)NC(=S)N2c2ccc(C(C)C)cc2)s1. The molecule has 5 heteroatoms. The molecule has 0 bridgehead atoms. The Hall–Kier alpha value is -2.24. The van der Waals surface area contributed by atoms with Gasteiger partial charge in [0.25, 0.3) is 0 Å². The molecule has 1 aromatic carbocycles. The molecule has 0 spiro atoms. The summed E-state index contributed by atoms with van der Waals surface area (Å²) in [5.41, 5.74) is 3.46. The second kappa shape index (κ2) is 7.41. The van der Waals surface area contributed by atoms with E-state index in [0.717, 1.165) is 16.5 Å². The number of aryl methyl sites for hydroxylation is 1. The largest absolute Gasteiger partial charge is 0.351 e. The number of hydrogen-bond donors (Lipinski definition) is 1. The molecule has 3 nitrogen and oxygen atoms in total. The molecular weight excluding hydrogens is 370 g/mol. The number of thiocarbonyl (C=S) groups is 1. The summed E-state index contributed by atoms with van der Waals surface area (Å²) in [6.07, 6.45) is 1.84. The minimum Gasteiger partial charge on any atom is -0.351 e. The molecule has 0 aliphatic carbocycles. The van der Waals surface area contributed by atoms with Gasteiger partial charge >= 0.3 is 0 Å². The van der Waals surface area contributed by atoms with Crippen LogP contribution in [0.1, 0.15) is 52.9 Å². The molecule has 0 amide bonds. The van der Waals surface area contributed by atoms with Crippen molar-refractivity contribution in [3.63, 3.8) is 0 Å². The van der Waals surface area contributed by atoms with Crippen LogP contribution >= 0.6 is 23.6 Å². The molecule has 4 rings (SSSR count). The van der Waals surface area contributed by atoms with Crippen molar-refractivity contribution in [2.75, 3.05) is 4.90 Å². The van der Waals surface area contributed by atoms with E-state index in [1.54, 1.807) is 0 Å². The van der Waals surface area contributed by atoms with E-state index in [0.29, 0.717) is 5.92 Å². The first kappa shape index (κ1) is 18.1. The second-order valence-electron chi connectivity index (χ2n) is 7.19. The first-order chi connectivity index (χ1) is 13.0. The lowest BCUT2D eigenvalue weighted by Gasteiger charge is -2.27. The molecule has 1 aliphatic rings. The molecule has 1 fully saturated rings. The molecule has 27 heavy (non-hydrogen) atoms. The van der Waals surface area contributed by atoms with E-state index in [4.69, 9.17) is 12.2 Å². The normalized spacial score (nSPS) is 19.6. The summed E-state index contributed by atoms with van der Waals surface area (Å²) >= 11 is 7.58. The van der Waals surface area contributed by atoms with E-state index in [9.17, 15) is 0 Å². The molecule has 0 saturated carbocycles. The quantitative estimate of drug-likeness (QED) is 0.571. The van der Waals surface area contributed by atoms with Crippen molar-refractivity contribution < 1.29 is 0 Å². The fraction of sp³-hybridized carbons (Fsp3) is 0.273. The molecule has 3 aromatic rings. The minimum absolute atomic E-state index is 0.0292. The molecule has 2 atom stereocenters. The fourth-order valence-corrected chi connectivity index (χ4v) is 4.91. The zero-order valence-electron chi connectivity index (χ0n) is 15.7. The van der Waals surface area contributed by atoms with E-state index in [-0.39, 0.29) is 12.1 Å². The van der Waals surface area contributed by atoms with Gasteiger partial charge in [0.1, 0.15) is 0 Å². The van der Waals surface area contributed by atoms with Gasteiger partial charge in [0.2, 0.25) is 0 Å². The Labute approximate surface area is 170 Å². The van der Waals surface area contributed by atoms with Crippen LogP contribution in [0.5, 0.6) is 0 Å². The van der Waals surface area contributed by atoms with Crippen LogP contribution < -0.4 is 10.2 Å². The first-order valence-electron chi connectivity index (χ1n) is 9.21. The number of hydrogen-bond acceptors (Lipinski definition) is 3. The third-order valence-corrected chi connectivity index (χ3v) is 6.37. The molecule has 3 heterocycles. The minimum atomic E-state index is 0.0292. The van der Waals surface area contributed by atoms with Gasteiger partial charge < -0.3 is 10.2 Å². The highest BCUT2D eigenvalue weighted by Gasteiger charge is 2.41. The number of anilines is 1. The van der Waals surface area contributed by atoms with Gasteiger partial charge in [-0.2, -0.15) is 0 Å². The number of aromatic nitrogens is 1. The first-order valence-corrected chi connectivity index (χ1v) is 10.4. The predicted octanol–water partition coefficient (Wildman–Crippen LogP) is 5.75. The maximum Gasteiger partial charge on any atom is 0.174 e. The summed E-state index contributed by atoms with van der Waals surface area (Å²) < 4.78 is 0.